The Labute approximate surface area is 200 Å². The quantitative estimate of drug-likeness (QED) is 0.516. The average molecular weight is 509 g/mol. The summed E-state index contributed by atoms with van der Waals surface area (Å²) in [6.45, 7) is 1.25. The lowest BCUT2D eigenvalue weighted by atomic mass is 10.0. The highest BCUT2D eigenvalue weighted by Gasteiger charge is 2.37. The van der Waals surface area contributed by atoms with E-state index in [1.54, 1.807) is 13.0 Å². The number of hydrogen-bond acceptors (Lipinski definition) is 7. The molecule has 0 radical (unpaired) electrons. The number of carbonyl (C=O) groups excluding carboxylic acids is 3. The number of piperazine rings is 1. The van der Waals surface area contributed by atoms with Gasteiger partial charge in [0.25, 0.3) is 11.8 Å². The van der Waals surface area contributed by atoms with Crippen LogP contribution < -0.4 is 5.32 Å². The molecule has 190 valence electrons. The fourth-order valence-corrected chi connectivity index (χ4v) is 3.57. The van der Waals surface area contributed by atoms with Gasteiger partial charge in [-0.05, 0) is 25.1 Å². The number of rotatable bonds is 5. The molecule has 0 unspecified atom stereocenters. The van der Waals surface area contributed by atoms with E-state index in [-0.39, 0.29) is 38.4 Å². The molecule has 1 aromatic carbocycles. The first kappa shape index (κ1) is 24.8. The molecular formula is C21H19F4N7O4. The molecule has 3 heterocycles. The van der Waals surface area contributed by atoms with E-state index in [9.17, 15) is 31.9 Å². The number of amides is 3. The van der Waals surface area contributed by atoms with E-state index in [1.165, 1.54) is 15.8 Å². The van der Waals surface area contributed by atoms with E-state index < -0.39 is 40.8 Å². The molecule has 0 aliphatic carbocycles. The van der Waals surface area contributed by atoms with Gasteiger partial charge in [-0.2, -0.15) is 17.9 Å². The first-order valence-corrected chi connectivity index (χ1v) is 10.6. The summed E-state index contributed by atoms with van der Waals surface area (Å²) in [6.07, 6.45) is -3.52. The number of alkyl halides is 3. The van der Waals surface area contributed by atoms with Crippen LogP contribution in [0.1, 0.15) is 32.2 Å². The van der Waals surface area contributed by atoms with Gasteiger partial charge >= 0.3 is 6.18 Å². The molecule has 4 rings (SSSR count). The Bertz CT molecular complexity index is 1300. The number of aromatic nitrogens is 4. The fourth-order valence-electron chi connectivity index (χ4n) is 3.57. The largest absolute Gasteiger partial charge is 0.417 e. The van der Waals surface area contributed by atoms with Crippen LogP contribution in [0.3, 0.4) is 0 Å². The van der Waals surface area contributed by atoms with Crippen molar-refractivity contribution in [2.24, 2.45) is 0 Å². The summed E-state index contributed by atoms with van der Waals surface area (Å²) in [4.78, 5) is 39.9. The predicted octanol–water partition coefficient (Wildman–Crippen LogP) is 1.44. The molecule has 3 aromatic rings. The van der Waals surface area contributed by atoms with Crippen LogP contribution in [0.4, 0.5) is 17.6 Å². The summed E-state index contributed by atoms with van der Waals surface area (Å²) in [5, 5.41) is 13.7. The minimum absolute atomic E-state index is 0.0266. The molecule has 0 bridgehead atoms. The number of halogens is 4. The molecule has 1 aliphatic heterocycles. The number of benzene rings is 1. The van der Waals surface area contributed by atoms with E-state index in [0.29, 0.717) is 29.8 Å². The van der Waals surface area contributed by atoms with Crippen LogP contribution in [0.5, 0.6) is 0 Å². The van der Waals surface area contributed by atoms with Crippen LogP contribution in [0.15, 0.2) is 35.0 Å². The summed E-state index contributed by atoms with van der Waals surface area (Å²) in [6, 6.07) is 3.30. The fraction of sp³-hybridized carbons (Fsp3) is 0.333. The first-order chi connectivity index (χ1) is 17.0. The number of aryl methyl sites for hydroxylation is 1. The zero-order valence-electron chi connectivity index (χ0n) is 18.8. The number of hydrogen-bond donors (Lipinski definition) is 1. The van der Waals surface area contributed by atoms with E-state index in [4.69, 9.17) is 4.52 Å². The Morgan fingerprint density at radius 2 is 1.78 bits per heavy atom. The van der Waals surface area contributed by atoms with Crippen molar-refractivity contribution in [3.05, 3.63) is 58.9 Å². The Morgan fingerprint density at radius 1 is 1.08 bits per heavy atom. The molecule has 1 saturated heterocycles. The Morgan fingerprint density at radius 3 is 2.42 bits per heavy atom. The van der Waals surface area contributed by atoms with E-state index in [0.717, 1.165) is 4.90 Å². The highest BCUT2D eigenvalue weighted by molar-refractivity contribution is 5.96. The van der Waals surface area contributed by atoms with Gasteiger partial charge in [0.15, 0.2) is 11.5 Å². The lowest BCUT2D eigenvalue weighted by Gasteiger charge is -2.35. The molecule has 15 heteroatoms. The maximum absolute atomic E-state index is 13.5. The van der Waals surface area contributed by atoms with Crippen LogP contribution in [0.2, 0.25) is 0 Å². The van der Waals surface area contributed by atoms with E-state index in [1.807, 2.05) is 0 Å². The van der Waals surface area contributed by atoms with Crippen LogP contribution in [-0.2, 0) is 11.0 Å². The Hall–Kier alpha value is -4.30. The SMILES string of the molecule is Cc1cc(-n2cc(C(=O)NCC(=O)N3CCN(C(=O)c4cc(F)ccc4C(F)(F)F)CC3)nn2)no1. The van der Waals surface area contributed by atoms with Gasteiger partial charge in [-0.1, -0.05) is 10.4 Å². The van der Waals surface area contributed by atoms with Gasteiger partial charge in [0.2, 0.25) is 5.91 Å². The Balaban J connectivity index is 1.30. The minimum atomic E-state index is -4.83. The maximum atomic E-state index is 13.5. The van der Waals surface area contributed by atoms with Crippen molar-refractivity contribution in [2.75, 3.05) is 32.7 Å². The number of nitrogens with one attached hydrogen (secondary N) is 1. The topological polar surface area (TPSA) is 126 Å². The summed E-state index contributed by atoms with van der Waals surface area (Å²) < 4.78 is 59.4. The zero-order chi connectivity index (χ0) is 26.0. The second-order valence-corrected chi connectivity index (χ2v) is 7.89. The summed E-state index contributed by atoms with van der Waals surface area (Å²) in [5.41, 5.74) is -2.08. The summed E-state index contributed by atoms with van der Waals surface area (Å²) >= 11 is 0. The monoisotopic (exact) mass is 509 g/mol. The van der Waals surface area contributed by atoms with Gasteiger partial charge in [0.05, 0.1) is 23.9 Å². The number of carbonyl (C=O) groups is 3. The molecule has 0 saturated carbocycles. The minimum Gasteiger partial charge on any atom is -0.359 e. The molecule has 0 spiro atoms. The van der Waals surface area contributed by atoms with Gasteiger partial charge in [0, 0.05) is 32.2 Å². The second-order valence-electron chi connectivity index (χ2n) is 7.89. The summed E-state index contributed by atoms with van der Waals surface area (Å²) in [7, 11) is 0. The number of nitrogens with zero attached hydrogens (tertiary/aromatic N) is 6. The highest BCUT2D eigenvalue weighted by atomic mass is 19.4. The Kier molecular flexibility index (Phi) is 6.72. The van der Waals surface area contributed by atoms with Crippen molar-refractivity contribution in [1.82, 2.24) is 35.3 Å². The van der Waals surface area contributed by atoms with Crippen molar-refractivity contribution in [1.29, 1.82) is 0 Å². The van der Waals surface area contributed by atoms with Crippen molar-refractivity contribution >= 4 is 17.7 Å². The van der Waals surface area contributed by atoms with Gasteiger partial charge in [-0.15, -0.1) is 5.10 Å². The van der Waals surface area contributed by atoms with Crippen LogP contribution >= 0.6 is 0 Å². The molecule has 1 fully saturated rings. The highest BCUT2D eigenvalue weighted by Crippen LogP contribution is 2.33. The average Bonchev–Trinajstić information content (AvgIpc) is 3.50. The molecule has 3 amide bonds. The first-order valence-electron chi connectivity index (χ1n) is 10.6. The van der Waals surface area contributed by atoms with Gasteiger partial charge < -0.3 is 19.6 Å². The van der Waals surface area contributed by atoms with Crippen molar-refractivity contribution in [3.8, 4) is 5.82 Å². The second kappa shape index (κ2) is 9.75. The molecule has 2 aromatic heterocycles. The third-order valence-corrected chi connectivity index (χ3v) is 5.41. The molecule has 1 aliphatic rings. The van der Waals surface area contributed by atoms with Crippen LogP contribution in [0.25, 0.3) is 5.82 Å². The van der Waals surface area contributed by atoms with Crippen molar-refractivity contribution in [2.45, 2.75) is 13.1 Å². The normalized spacial score (nSPS) is 14.1. The third kappa shape index (κ3) is 5.34. The van der Waals surface area contributed by atoms with Crippen molar-refractivity contribution in [3.63, 3.8) is 0 Å². The molecular weight excluding hydrogens is 490 g/mol. The third-order valence-electron chi connectivity index (χ3n) is 5.41. The molecule has 36 heavy (non-hydrogen) atoms. The molecule has 11 nitrogen and oxygen atoms in total. The van der Waals surface area contributed by atoms with Crippen LogP contribution in [0, 0.1) is 12.7 Å². The van der Waals surface area contributed by atoms with Crippen molar-refractivity contribution < 1.29 is 36.5 Å². The van der Waals surface area contributed by atoms with E-state index in [2.05, 4.69) is 20.8 Å². The molecule has 0 atom stereocenters. The lowest BCUT2D eigenvalue weighted by Crippen LogP contribution is -2.52. The van der Waals surface area contributed by atoms with Gasteiger partial charge in [-0.3, -0.25) is 14.4 Å². The summed E-state index contributed by atoms with van der Waals surface area (Å²) in [5.74, 6) is -2.20. The maximum Gasteiger partial charge on any atom is 0.417 e. The predicted molar refractivity (Wildman–Crippen MR) is 112 cm³/mol. The zero-order valence-corrected chi connectivity index (χ0v) is 18.8. The van der Waals surface area contributed by atoms with E-state index >= 15 is 0 Å². The molecule has 1 N–H and O–H groups in total. The van der Waals surface area contributed by atoms with Crippen LogP contribution in [-0.4, -0.2) is 80.4 Å². The smallest absolute Gasteiger partial charge is 0.359 e. The van der Waals surface area contributed by atoms with Gasteiger partial charge in [-0.25, -0.2) is 4.39 Å². The lowest BCUT2D eigenvalue weighted by molar-refractivity contribution is -0.138. The van der Waals surface area contributed by atoms with Gasteiger partial charge in [0.1, 0.15) is 11.6 Å². The standard InChI is InChI=1S/C21H19F4N7O4/c1-12-8-17(28-36-12)32-11-16(27-29-32)19(34)26-10-18(33)30-4-6-31(7-5-30)20(35)14-9-13(22)2-3-15(14)21(23,24)25/h2-3,8-9,11H,4-7,10H2,1H3,(H,26,34).